The second kappa shape index (κ2) is 10.9. The number of rotatable bonds is 5. The lowest BCUT2D eigenvalue weighted by Gasteiger charge is -2.35. The number of primary amides is 1. The molecule has 1 aliphatic heterocycles. The summed E-state index contributed by atoms with van der Waals surface area (Å²) in [4.78, 5) is 21.5. The monoisotopic (exact) mass is 455 g/mol. The van der Waals surface area contributed by atoms with Gasteiger partial charge in [-0.1, -0.05) is 13.0 Å². The molecule has 2 aliphatic rings. The van der Waals surface area contributed by atoms with Gasteiger partial charge in [-0.3, -0.25) is 9.59 Å². The number of hydrogen-bond donors (Lipinski definition) is 3. The third kappa shape index (κ3) is 6.26. The van der Waals surface area contributed by atoms with E-state index in [1.54, 1.807) is 19.2 Å². The third-order valence-corrected chi connectivity index (χ3v) is 7.68. The molecule has 2 aromatic rings. The molecule has 32 heavy (non-hydrogen) atoms. The molecule has 172 valence electrons. The molecule has 0 aromatic heterocycles. The van der Waals surface area contributed by atoms with Crippen molar-refractivity contribution in [3.8, 4) is 11.5 Å². The van der Waals surface area contributed by atoms with Crippen molar-refractivity contribution in [3.63, 3.8) is 0 Å². The van der Waals surface area contributed by atoms with Crippen LogP contribution < -0.4 is 21.1 Å². The maximum Gasteiger partial charge on any atom is 0.251 e. The van der Waals surface area contributed by atoms with Gasteiger partial charge in [0.05, 0.1) is 0 Å². The fourth-order valence-electron chi connectivity index (χ4n) is 4.81. The van der Waals surface area contributed by atoms with Gasteiger partial charge in [-0.05, 0) is 93.1 Å². The largest absolute Gasteiger partial charge is 0.457 e. The fraction of sp³-hybridized carbons (Fsp3) is 0.440. The number of amides is 2. The number of carbonyl (C=O) groups excluding carboxylic acids is 2. The van der Waals surface area contributed by atoms with Gasteiger partial charge in [-0.25, -0.2) is 0 Å². The Morgan fingerprint density at radius 3 is 2.44 bits per heavy atom. The zero-order valence-electron chi connectivity index (χ0n) is 18.9. The Labute approximate surface area is 194 Å². The van der Waals surface area contributed by atoms with Crippen LogP contribution in [0.5, 0.6) is 11.5 Å². The quantitative estimate of drug-likeness (QED) is 0.583. The van der Waals surface area contributed by atoms with Crippen molar-refractivity contribution < 1.29 is 14.3 Å². The lowest BCUT2D eigenvalue weighted by Crippen LogP contribution is -2.36. The second-order valence-corrected chi connectivity index (χ2v) is 10.5. The summed E-state index contributed by atoms with van der Waals surface area (Å²) in [5.41, 5.74) is 5.35. The number of nitrogens with two attached hydrogens (primary N) is 1. The van der Waals surface area contributed by atoms with Crippen LogP contribution in [0.4, 0.5) is 0 Å². The predicted molar refractivity (Wildman–Crippen MR) is 129 cm³/mol. The molecule has 0 radical (unpaired) electrons. The molecule has 1 unspecified atom stereocenters. The molecule has 7 heteroatoms. The lowest BCUT2D eigenvalue weighted by molar-refractivity contribution is -0.106. The van der Waals surface area contributed by atoms with Crippen molar-refractivity contribution >= 4 is 24.1 Å². The molecule has 1 atom stereocenters. The van der Waals surface area contributed by atoms with Gasteiger partial charge in [0.15, 0.2) is 0 Å². The molecule has 1 aliphatic carbocycles. The topological polar surface area (TPSA) is 93.4 Å². The maximum absolute atomic E-state index is 11.7. The Hall–Kier alpha value is -2.51. The van der Waals surface area contributed by atoms with Crippen molar-refractivity contribution in [1.29, 1.82) is 0 Å². The van der Waals surface area contributed by atoms with Crippen LogP contribution in [-0.2, 0) is 4.79 Å². The number of piperidine rings is 1. The first kappa shape index (κ1) is 24.1. The molecule has 2 amide bonds. The van der Waals surface area contributed by atoms with E-state index in [4.69, 9.17) is 9.53 Å². The summed E-state index contributed by atoms with van der Waals surface area (Å²) in [6.45, 7) is 4.77. The third-order valence-electron chi connectivity index (χ3n) is 6.35. The van der Waals surface area contributed by atoms with E-state index in [1.807, 2.05) is 30.0 Å². The molecular formula is C25H33N3O3S. The van der Waals surface area contributed by atoms with E-state index in [9.17, 15) is 4.79 Å². The average molecular weight is 456 g/mol. The lowest BCUT2D eigenvalue weighted by atomic mass is 9.77. The SMILES string of the molecule is CNC(=O)c1ccc(Oc2cccc(SC3(C)CCC4(CCNCC4)C3)c2)cc1.NC=O. The van der Waals surface area contributed by atoms with Crippen LogP contribution >= 0.6 is 11.8 Å². The molecule has 2 aromatic carbocycles. The summed E-state index contributed by atoms with van der Waals surface area (Å²) in [7, 11) is 1.63. The van der Waals surface area contributed by atoms with Crippen LogP contribution in [0.1, 0.15) is 49.4 Å². The Morgan fingerprint density at radius 2 is 1.78 bits per heavy atom. The standard InChI is InChI=1S/C24H30N2O2S.CH3NO/c1-23(10-11-24(17-23)12-14-26-15-13-24)29-21-5-3-4-20(16-21)28-19-8-6-18(7-9-19)22(27)25-2;2-1-3/h3-9,16,26H,10-15,17H2,1-2H3,(H,25,27);1H,(H2,2,3). The Kier molecular flexibility index (Phi) is 8.21. The van der Waals surface area contributed by atoms with Gasteiger partial charge in [0, 0.05) is 22.3 Å². The zero-order chi connectivity index (χ0) is 23.0. The van der Waals surface area contributed by atoms with Crippen molar-refractivity contribution in [2.75, 3.05) is 20.1 Å². The molecule has 1 spiro atoms. The molecule has 6 nitrogen and oxygen atoms in total. The molecule has 4 rings (SSSR count). The smallest absolute Gasteiger partial charge is 0.251 e. The van der Waals surface area contributed by atoms with Crippen LogP contribution in [0.2, 0.25) is 0 Å². The summed E-state index contributed by atoms with van der Waals surface area (Å²) < 4.78 is 6.34. The molecule has 2 fully saturated rings. The number of nitrogens with one attached hydrogen (secondary N) is 2. The highest BCUT2D eigenvalue weighted by Crippen LogP contribution is 2.56. The van der Waals surface area contributed by atoms with E-state index in [0.717, 1.165) is 11.5 Å². The van der Waals surface area contributed by atoms with Gasteiger partial charge >= 0.3 is 0 Å². The van der Waals surface area contributed by atoms with Crippen LogP contribution in [-0.4, -0.2) is 37.2 Å². The first-order valence-corrected chi connectivity index (χ1v) is 11.9. The maximum atomic E-state index is 11.7. The van der Waals surface area contributed by atoms with E-state index >= 15 is 0 Å². The van der Waals surface area contributed by atoms with Gasteiger partial charge in [0.2, 0.25) is 6.41 Å². The van der Waals surface area contributed by atoms with Gasteiger partial charge in [0.25, 0.3) is 5.91 Å². The summed E-state index contributed by atoms with van der Waals surface area (Å²) in [6, 6.07) is 15.6. The number of ether oxygens (including phenoxy) is 1. The van der Waals surface area contributed by atoms with Crippen LogP contribution in [0.25, 0.3) is 0 Å². The molecule has 1 saturated carbocycles. The van der Waals surface area contributed by atoms with E-state index in [1.165, 1.54) is 50.1 Å². The minimum Gasteiger partial charge on any atom is -0.457 e. The first-order valence-electron chi connectivity index (χ1n) is 11.1. The molecular weight excluding hydrogens is 422 g/mol. The highest BCUT2D eigenvalue weighted by molar-refractivity contribution is 8.00. The Bertz CT molecular complexity index is 913. The van der Waals surface area contributed by atoms with E-state index < -0.39 is 0 Å². The highest BCUT2D eigenvalue weighted by atomic mass is 32.2. The zero-order valence-corrected chi connectivity index (χ0v) is 19.7. The van der Waals surface area contributed by atoms with Crippen LogP contribution in [0.3, 0.4) is 0 Å². The summed E-state index contributed by atoms with van der Waals surface area (Å²) in [6.07, 6.45) is 6.82. The van der Waals surface area contributed by atoms with Crippen LogP contribution in [0, 0.1) is 5.41 Å². The van der Waals surface area contributed by atoms with Crippen molar-refractivity contribution in [2.45, 2.75) is 48.7 Å². The second-order valence-electron chi connectivity index (χ2n) is 8.80. The molecule has 1 saturated heterocycles. The number of benzene rings is 2. The normalized spacial score (nSPS) is 21.3. The minimum absolute atomic E-state index is 0.0914. The molecule has 4 N–H and O–H groups in total. The van der Waals surface area contributed by atoms with Crippen molar-refractivity contribution in [2.24, 2.45) is 11.1 Å². The van der Waals surface area contributed by atoms with Gasteiger partial charge in [0.1, 0.15) is 11.5 Å². The van der Waals surface area contributed by atoms with E-state index in [-0.39, 0.29) is 12.3 Å². The van der Waals surface area contributed by atoms with E-state index in [2.05, 4.69) is 41.5 Å². The molecule has 1 heterocycles. The number of hydrogen-bond acceptors (Lipinski definition) is 5. The van der Waals surface area contributed by atoms with Gasteiger partial charge in [-0.15, -0.1) is 11.8 Å². The predicted octanol–water partition coefficient (Wildman–Crippen LogP) is 4.34. The first-order chi connectivity index (χ1) is 15.4. The van der Waals surface area contributed by atoms with Gasteiger partial charge in [-0.2, -0.15) is 0 Å². The van der Waals surface area contributed by atoms with Crippen molar-refractivity contribution in [3.05, 3.63) is 54.1 Å². The summed E-state index contributed by atoms with van der Waals surface area (Å²) >= 11 is 2.00. The number of thioether (sulfide) groups is 1. The fourth-order valence-corrected chi connectivity index (χ4v) is 6.28. The van der Waals surface area contributed by atoms with Crippen molar-refractivity contribution in [1.82, 2.24) is 10.6 Å². The Balaban J connectivity index is 0.000000913. The average Bonchev–Trinajstić information content (AvgIpc) is 3.10. The van der Waals surface area contributed by atoms with Crippen LogP contribution in [0.15, 0.2) is 53.4 Å². The molecule has 0 bridgehead atoms. The highest BCUT2D eigenvalue weighted by Gasteiger charge is 2.46. The summed E-state index contributed by atoms with van der Waals surface area (Å²) in [5.74, 6) is 1.48. The van der Waals surface area contributed by atoms with E-state index in [0.29, 0.717) is 15.7 Å². The Morgan fingerprint density at radius 1 is 1.09 bits per heavy atom. The van der Waals surface area contributed by atoms with Gasteiger partial charge < -0.3 is 21.1 Å². The number of carbonyl (C=O) groups is 2. The summed E-state index contributed by atoms with van der Waals surface area (Å²) in [5, 5.41) is 6.14. The minimum atomic E-state index is -0.0914.